The highest BCUT2D eigenvalue weighted by Gasteiger charge is 2.54. The summed E-state index contributed by atoms with van der Waals surface area (Å²) in [6, 6.07) is 6.94. The van der Waals surface area contributed by atoms with Gasteiger partial charge in [0, 0.05) is 26.2 Å². The van der Waals surface area contributed by atoms with E-state index in [-0.39, 0.29) is 30.3 Å². The highest BCUT2D eigenvalue weighted by Crippen LogP contribution is 2.32. The molecule has 3 fully saturated rings. The Kier molecular flexibility index (Phi) is 6.69. The minimum atomic E-state index is -0.770. The standard InChI is InChI=1S/C24H34N4O4/c1-3-11-26-13-9-24(10-14-26)22(30)28(23(31)25-24)19-7-5-12-27(17-19)21(29)16-18-6-4-8-20(15-18)32-2/h4,6,8,15,19H,3,5,7,9-14,16-17H2,1-2H3,(H,25,31)/t19-/m0/s1. The van der Waals surface area contributed by atoms with Crippen LogP contribution in [-0.2, 0) is 16.0 Å². The number of ether oxygens (including phenoxy) is 1. The van der Waals surface area contributed by atoms with Gasteiger partial charge in [-0.05, 0) is 56.3 Å². The molecule has 1 aromatic carbocycles. The number of hydrogen-bond donors (Lipinski definition) is 1. The maximum atomic E-state index is 13.4. The zero-order valence-corrected chi connectivity index (χ0v) is 19.1. The van der Waals surface area contributed by atoms with Gasteiger partial charge < -0.3 is 19.9 Å². The van der Waals surface area contributed by atoms with Crippen LogP contribution >= 0.6 is 0 Å². The summed E-state index contributed by atoms with van der Waals surface area (Å²) in [6.07, 6.45) is 4.18. The lowest BCUT2D eigenvalue weighted by Crippen LogP contribution is -2.56. The van der Waals surface area contributed by atoms with Crippen LogP contribution in [0.25, 0.3) is 0 Å². The molecular formula is C24H34N4O4. The molecule has 1 aromatic rings. The molecule has 174 valence electrons. The van der Waals surface area contributed by atoms with Gasteiger partial charge in [0.05, 0.1) is 19.6 Å². The Morgan fingerprint density at radius 3 is 2.72 bits per heavy atom. The molecule has 4 amide bonds. The van der Waals surface area contributed by atoms with E-state index >= 15 is 0 Å². The Morgan fingerprint density at radius 1 is 1.22 bits per heavy atom. The van der Waals surface area contributed by atoms with E-state index in [2.05, 4.69) is 17.1 Å². The normalized spacial score (nSPS) is 23.5. The quantitative estimate of drug-likeness (QED) is 0.682. The second-order valence-electron chi connectivity index (χ2n) is 9.19. The first-order chi connectivity index (χ1) is 15.5. The SMILES string of the molecule is CCCN1CCC2(CC1)NC(=O)N([C@H]1CCCN(C(=O)Cc3cccc(OC)c3)C1)C2=O. The predicted molar refractivity (Wildman–Crippen MR) is 120 cm³/mol. The number of methoxy groups -OCH3 is 1. The maximum absolute atomic E-state index is 13.4. The van der Waals surface area contributed by atoms with Crippen LogP contribution in [0.5, 0.6) is 5.75 Å². The van der Waals surface area contributed by atoms with Crippen molar-refractivity contribution in [3.63, 3.8) is 0 Å². The summed E-state index contributed by atoms with van der Waals surface area (Å²) in [6.45, 7) is 5.88. The second-order valence-corrected chi connectivity index (χ2v) is 9.19. The van der Waals surface area contributed by atoms with Gasteiger partial charge >= 0.3 is 6.03 Å². The van der Waals surface area contributed by atoms with E-state index in [1.807, 2.05) is 24.3 Å². The Bertz CT molecular complexity index is 865. The van der Waals surface area contributed by atoms with Crippen molar-refractivity contribution in [2.45, 2.75) is 57.0 Å². The number of carbonyl (C=O) groups is 3. The van der Waals surface area contributed by atoms with Gasteiger partial charge in [0.15, 0.2) is 0 Å². The molecular weight excluding hydrogens is 408 g/mol. The molecule has 8 heteroatoms. The van der Waals surface area contributed by atoms with Crippen molar-refractivity contribution in [3.8, 4) is 5.75 Å². The van der Waals surface area contributed by atoms with Gasteiger partial charge in [0.1, 0.15) is 11.3 Å². The highest BCUT2D eigenvalue weighted by molar-refractivity contribution is 6.07. The summed E-state index contributed by atoms with van der Waals surface area (Å²) in [5, 5.41) is 3.02. The number of hydrogen-bond acceptors (Lipinski definition) is 5. The topological polar surface area (TPSA) is 82.2 Å². The molecule has 32 heavy (non-hydrogen) atoms. The molecule has 8 nitrogen and oxygen atoms in total. The number of piperidine rings is 2. The van der Waals surface area contributed by atoms with Crippen LogP contribution in [0.2, 0.25) is 0 Å². The Labute approximate surface area is 189 Å². The summed E-state index contributed by atoms with van der Waals surface area (Å²) < 4.78 is 5.25. The third-order valence-corrected chi connectivity index (χ3v) is 7.05. The third-order valence-electron chi connectivity index (χ3n) is 7.05. The molecule has 4 rings (SSSR count). The van der Waals surface area contributed by atoms with Crippen LogP contribution < -0.4 is 10.1 Å². The van der Waals surface area contributed by atoms with Gasteiger partial charge in [0.2, 0.25) is 5.91 Å². The first-order valence-electron chi connectivity index (χ1n) is 11.7. The van der Waals surface area contributed by atoms with Gasteiger partial charge in [-0.1, -0.05) is 19.1 Å². The minimum Gasteiger partial charge on any atom is -0.497 e. The van der Waals surface area contributed by atoms with Crippen molar-refractivity contribution in [2.75, 3.05) is 39.8 Å². The van der Waals surface area contributed by atoms with Crippen LogP contribution in [0.15, 0.2) is 24.3 Å². The number of rotatable bonds is 6. The van der Waals surface area contributed by atoms with Gasteiger partial charge in [-0.2, -0.15) is 0 Å². The summed E-state index contributed by atoms with van der Waals surface area (Å²) in [5.41, 5.74) is 0.123. The molecule has 3 aliphatic rings. The molecule has 0 radical (unpaired) electrons. The number of carbonyl (C=O) groups excluding carboxylic acids is 3. The fraction of sp³-hybridized carbons (Fsp3) is 0.625. The molecule has 0 aromatic heterocycles. The average Bonchev–Trinajstić information content (AvgIpc) is 3.04. The van der Waals surface area contributed by atoms with Crippen molar-refractivity contribution >= 4 is 17.8 Å². The molecule has 3 saturated heterocycles. The van der Waals surface area contributed by atoms with Gasteiger partial charge in [0.25, 0.3) is 5.91 Å². The lowest BCUT2D eigenvalue weighted by Gasteiger charge is -2.39. The Hall–Kier alpha value is -2.61. The van der Waals surface area contributed by atoms with E-state index in [4.69, 9.17) is 4.74 Å². The molecule has 3 heterocycles. The van der Waals surface area contributed by atoms with Crippen molar-refractivity contribution < 1.29 is 19.1 Å². The van der Waals surface area contributed by atoms with Crippen molar-refractivity contribution in [1.29, 1.82) is 0 Å². The first kappa shape index (κ1) is 22.6. The summed E-state index contributed by atoms with van der Waals surface area (Å²) in [5.74, 6) is 0.629. The van der Waals surface area contributed by atoms with Gasteiger partial charge in [-0.15, -0.1) is 0 Å². The molecule has 3 aliphatic heterocycles. The largest absolute Gasteiger partial charge is 0.497 e. The fourth-order valence-corrected chi connectivity index (χ4v) is 5.25. The van der Waals surface area contributed by atoms with Gasteiger partial charge in [-0.3, -0.25) is 14.5 Å². The average molecular weight is 443 g/mol. The van der Waals surface area contributed by atoms with Crippen LogP contribution in [0.4, 0.5) is 4.79 Å². The van der Waals surface area contributed by atoms with Crippen LogP contribution in [0, 0.1) is 0 Å². The smallest absolute Gasteiger partial charge is 0.325 e. The van der Waals surface area contributed by atoms with Crippen LogP contribution in [0.3, 0.4) is 0 Å². The van der Waals surface area contributed by atoms with E-state index in [1.54, 1.807) is 12.0 Å². The van der Waals surface area contributed by atoms with Crippen molar-refractivity contribution in [1.82, 2.24) is 20.0 Å². The molecule has 0 aliphatic carbocycles. The highest BCUT2D eigenvalue weighted by atomic mass is 16.5. The van der Waals surface area contributed by atoms with E-state index in [1.165, 1.54) is 4.90 Å². The zero-order chi connectivity index (χ0) is 22.7. The minimum absolute atomic E-state index is 0.0117. The number of urea groups is 1. The number of benzene rings is 1. The fourth-order valence-electron chi connectivity index (χ4n) is 5.25. The number of imide groups is 1. The Balaban J connectivity index is 1.40. The predicted octanol–water partition coefficient (Wildman–Crippen LogP) is 2.03. The lowest BCUT2D eigenvalue weighted by atomic mass is 9.87. The van der Waals surface area contributed by atoms with E-state index in [0.29, 0.717) is 25.9 Å². The Morgan fingerprint density at radius 2 is 2.00 bits per heavy atom. The van der Waals surface area contributed by atoms with Crippen molar-refractivity contribution in [3.05, 3.63) is 29.8 Å². The molecule has 1 atom stereocenters. The van der Waals surface area contributed by atoms with Gasteiger partial charge in [-0.25, -0.2) is 4.79 Å². The summed E-state index contributed by atoms with van der Waals surface area (Å²) >= 11 is 0. The van der Waals surface area contributed by atoms with E-state index < -0.39 is 5.54 Å². The monoisotopic (exact) mass is 442 g/mol. The van der Waals surface area contributed by atoms with E-state index in [0.717, 1.165) is 50.2 Å². The first-order valence-corrected chi connectivity index (χ1v) is 11.7. The van der Waals surface area contributed by atoms with Crippen LogP contribution in [-0.4, -0.2) is 84.0 Å². The second kappa shape index (κ2) is 9.48. The molecule has 1 spiro atoms. The summed E-state index contributed by atoms with van der Waals surface area (Å²) in [7, 11) is 1.61. The van der Waals surface area contributed by atoms with E-state index in [9.17, 15) is 14.4 Å². The molecule has 0 unspecified atom stereocenters. The molecule has 1 N–H and O–H groups in total. The number of amides is 4. The van der Waals surface area contributed by atoms with Crippen LogP contribution in [0.1, 0.15) is 44.6 Å². The number of nitrogens with zero attached hydrogens (tertiary/aromatic N) is 3. The number of likely N-dealkylation sites (tertiary alicyclic amines) is 2. The third kappa shape index (κ3) is 4.46. The lowest BCUT2D eigenvalue weighted by molar-refractivity contribution is -0.138. The van der Waals surface area contributed by atoms with Crippen molar-refractivity contribution in [2.24, 2.45) is 0 Å². The number of nitrogens with one attached hydrogen (secondary N) is 1. The maximum Gasteiger partial charge on any atom is 0.325 e. The zero-order valence-electron chi connectivity index (χ0n) is 19.1. The molecule has 0 saturated carbocycles. The molecule has 0 bridgehead atoms. The summed E-state index contributed by atoms with van der Waals surface area (Å²) in [4.78, 5) is 44.8.